The average molecular weight is 273 g/mol. The number of rotatable bonds is 3. The quantitative estimate of drug-likeness (QED) is 0.866. The molecule has 0 atom stereocenters. The topological polar surface area (TPSA) is 77.8 Å². The molecule has 0 spiro atoms. The molecule has 1 aliphatic rings. The summed E-state index contributed by atoms with van der Waals surface area (Å²) in [5, 5.41) is 9.23. The number of nitrogens with zero attached hydrogens (tertiary/aromatic N) is 1. The Morgan fingerprint density at radius 3 is 2.65 bits per heavy atom. The van der Waals surface area contributed by atoms with Crippen molar-refractivity contribution in [3.05, 3.63) is 41.7 Å². The van der Waals surface area contributed by atoms with Crippen LogP contribution in [0.4, 0.5) is 0 Å². The first kappa shape index (κ1) is 12.3. The van der Waals surface area contributed by atoms with Crippen LogP contribution in [0.2, 0.25) is 0 Å². The number of hydrogen-bond donors (Lipinski definition) is 1. The van der Waals surface area contributed by atoms with Gasteiger partial charge in [0.1, 0.15) is 5.69 Å². The van der Waals surface area contributed by atoms with Gasteiger partial charge in [-0.25, -0.2) is 4.79 Å². The summed E-state index contributed by atoms with van der Waals surface area (Å²) < 4.78 is 11.9. The molecule has 0 fully saturated rings. The van der Waals surface area contributed by atoms with Gasteiger partial charge in [-0.3, -0.25) is 4.79 Å². The number of carbonyl (C=O) groups is 2. The Bertz CT molecular complexity index is 716. The molecule has 1 aromatic heterocycles. The predicted octanol–water partition coefficient (Wildman–Crippen LogP) is 2.11. The van der Waals surface area contributed by atoms with Crippen molar-refractivity contribution in [3.63, 3.8) is 0 Å². The molecule has 0 aliphatic carbocycles. The lowest BCUT2D eigenvalue weighted by molar-refractivity contribution is 0.0688. The lowest BCUT2D eigenvalue weighted by atomic mass is 10.2. The molecule has 0 amide bonds. The summed E-state index contributed by atoms with van der Waals surface area (Å²) in [6.07, 6.45) is 1.50. The van der Waals surface area contributed by atoms with Gasteiger partial charge in [-0.2, -0.15) is 0 Å². The molecule has 0 radical (unpaired) electrons. The Morgan fingerprint density at radius 1 is 1.20 bits per heavy atom. The minimum Gasteiger partial charge on any atom is -0.477 e. The van der Waals surface area contributed by atoms with Gasteiger partial charge in [0.2, 0.25) is 6.79 Å². The smallest absolute Gasteiger partial charge is 0.352 e. The number of ether oxygens (including phenoxy) is 2. The lowest BCUT2D eigenvalue weighted by Crippen LogP contribution is -2.05. The first-order chi connectivity index (χ1) is 9.56. The summed E-state index contributed by atoms with van der Waals surface area (Å²) in [5.41, 5.74) is 0.966. The summed E-state index contributed by atoms with van der Waals surface area (Å²) >= 11 is 0. The van der Waals surface area contributed by atoms with Crippen molar-refractivity contribution in [1.29, 1.82) is 0 Å². The van der Waals surface area contributed by atoms with E-state index >= 15 is 0 Å². The number of fused-ring (bicyclic) bond motifs is 1. The molecule has 3 rings (SSSR count). The highest BCUT2D eigenvalue weighted by atomic mass is 16.7. The van der Waals surface area contributed by atoms with E-state index in [4.69, 9.17) is 9.47 Å². The minimum atomic E-state index is -1.10. The average Bonchev–Trinajstić information content (AvgIpc) is 3.04. The molecule has 1 aromatic carbocycles. The minimum absolute atomic E-state index is 0.0223. The Hall–Kier alpha value is -2.76. The molecular weight excluding hydrogens is 262 g/mol. The number of aromatic nitrogens is 1. The van der Waals surface area contributed by atoms with Crippen molar-refractivity contribution < 1.29 is 24.2 Å². The standard InChI is InChI=1S/C14H11NO5/c1-8(16)9-4-11(14(17)18)15(6-9)10-2-3-12-13(5-10)20-7-19-12/h2-6H,7H2,1H3,(H,17,18). The van der Waals surface area contributed by atoms with Gasteiger partial charge in [-0.15, -0.1) is 0 Å². The number of benzene rings is 1. The zero-order valence-electron chi connectivity index (χ0n) is 10.6. The third kappa shape index (κ3) is 1.91. The molecule has 20 heavy (non-hydrogen) atoms. The van der Waals surface area contributed by atoms with Crippen molar-refractivity contribution in [2.75, 3.05) is 6.79 Å². The summed E-state index contributed by atoms with van der Waals surface area (Å²) in [6.45, 7) is 1.54. The van der Waals surface area contributed by atoms with Crippen LogP contribution in [0, 0.1) is 0 Å². The molecule has 2 aromatic rings. The molecule has 1 N–H and O–H groups in total. The van der Waals surface area contributed by atoms with Crippen molar-refractivity contribution in [3.8, 4) is 17.2 Å². The van der Waals surface area contributed by atoms with Gasteiger partial charge in [0.15, 0.2) is 17.3 Å². The Balaban J connectivity index is 2.13. The maximum absolute atomic E-state index is 11.4. The van der Waals surface area contributed by atoms with Crippen LogP contribution >= 0.6 is 0 Å². The van der Waals surface area contributed by atoms with E-state index in [9.17, 15) is 14.7 Å². The van der Waals surface area contributed by atoms with E-state index in [0.717, 1.165) is 0 Å². The van der Waals surface area contributed by atoms with E-state index in [2.05, 4.69) is 0 Å². The van der Waals surface area contributed by atoms with Crippen LogP contribution in [0.3, 0.4) is 0 Å². The number of carbonyl (C=O) groups excluding carboxylic acids is 1. The highest BCUT2D eigenvalue weighted by molar-refractivity contribution is 5.97. The first-order valence-electron chi connectivity index (χ1n) is 5.93. The molecule has 0 unspecified atom stereocenters. The number of Topliss-reactive ketones (excluding diaryl/α,β-unsaturated/α-hetero) is 1. The predicted molar refractivity (Wildman–Crippen MR) is 68.9 cm³/mol. The Morgan fingerprint density at radius 2 is 1.95 bits per heavy atom. The molecule has 0 saturated heterocycles. The van der Waals surface area contributed by atoms with Crippen LogP contribution < -0.4 is 9.47 Å². The van der Waals surface area contributed by atoms with Crippen LogP contribution in [-0.2, 0) is 0 Å². The van der Waals surface area contributed by atoms with Gasteiger partial charge in [-0.1, -0.05) is 0 Å². The van der Waals surface area contributed by atoms with Gasteiger partial charge in [-0.05, 0) is 25.1 Å². The summed E-state index contributed by atoms with van der Waals surface area (Å²) in [5.74, 6) is -0.122. The van der Waals surface area contributed by atoms with E-state index < -0.39 is 5.97 Å². The fraction of sp³-hybridized carbons (Fsp3) is 0.143. The third-order valence-corrected chi connectivity index (χ3v) is 3.08. The van der Waals surface area contributed by atoms with E-state index in [-0.39, 0.29) is 18.3 Å². The second kappa shape index (κ2) is 4.41. The zero-order valence-corrected chi connectivity index (χ0v) is 10.6. The van der Waals surface area contributed by atoms with Crippen LogP contribution in [0.5, 0.6) is 11.5 Å². The fourth-order valence-electron chi connectivity index (χ4n) is 2.07. The van der Waals surface area contributed by atoms with E-state index in [1.807, 2.05) is 0 Å². The third-order valence-electron chi connectivity index (χ3n) is 3.08. The van der Waals surface area contributed by atoms with Gasteiger partial charge < -0.3 is 19.1 Å². The van der Waals surface area contributed by atoms with Gasteiger partial charge >= 0.3 is 5.97 Å². The monoisotopic (exact) mass is 273 g/mol. The fourth-order valence-corrected chi connectivity index (χ4v) is 2.07. The number of aromatic carboxylic acids is 1. The van der Waals surface area contributed by atoms with Gasteiger partial charge in [0, 0.05) is 23.5 Å². The van der Waals surface area contributed by atoms with Crippen LogP contribution in [0.1, 0.15) is 27.8 Å². The second-order valence-electron chi connectivity index (χ2n) is 4.38. The Kier molecular flexibility index (Phi) is 2.71. The molecular formula is C14H11NO5. The van der Waals surface area contributed by atoms with Crippen LogP contribution in [0.15, 0.2) is 30.5 Å². The van der Waals surface area contributed by atoms with Crippen molar-refractivity contribution in [2.24, 2.45) is 0 Å². The van der Waals surface area contributed by atoms with Crippen molar-refractivity contribution in [1.82, 2.24) is 4.57 Å². The zero-order chi connectivity index (χ0) is 14.3. The molecule has 6 nitrogen and oxygen atoms in total. The van der Waals surface area contributed by atoms with E-state index in [1.54, 1.807) is 18.2 Å². The molecule has 0 saturated carbocycles. The normalized spacial score (nSPS) is 12.4. The molecule has 1 aliphatic heterocycles. The summed E-state index contributed by atoms with van der Waals surface area (Å²) in [7, 11) is 0. The summed E-state index contributed by atoms with van der Waals surface area (Å²) in [6, 6.07) is 6.45. The number of carboxylic acids is 1. The number of hydrogen-bond acceptors (Lipinski definition) is 4. The first-order valence-corrected chi connectivity index (χ1v) is 5.93. The molecule has 102 valence electrons. The van der Waals surface area contributed by atoms with Crippen molar-refractivity contribution in [2.45, 2.75) is 6.92 Å². The second-order valence-corrected chi connectivity index (χ2v) is 4.38. The molecule has 2 heterocycles. The molecule has 6 heteroatoms. The van der Waals surface area contributed by atoms with Crippen molar-refractivity contribution >= 4 is 11.8 Å². The SMILES string of the molecule is CC(=O)c1cc(C(=O)O)n(-c2ccc3c(c2)OCO3)c1. The largest absolute Gasteiger partial charge is 0.477 e. The highest BCUT2D eigenvalue weighted by Gasteiger charge is 2.19. The Labute approximate surface area is 114 Å². The summed E-state index contributed by atoms with van der Waals surface area (Å²) in [4.78, 5) is 22.7. The highest BCUT2D eigenvalue weighted by Crippen LogP contribution is 2.34. The van der Waals surface area contributed by atoms with Gasteiger partial charge in [0.05, 0.1) is 0 Å². The maximum atomic E-state index is 11.4. The maximum Gasteiger partial charge on any atom is 0.352 e. The number of ketones is 1. The van der Waals surface area contributed by atoms with Gasteiger partial charge in [0.25, 0.3) is 0 Å². The number of carboxylic acid groups (broad SMARTS) is 1. The van der Waals surface area contributed by atoms with E-state index in [0.29, 0.717) is 22.7 Å². The van der Waals surface area contributed by atoms with E-state index in [1.165, 1.54) is 23.8 Å². The van der Waals surface area contributed by atoms with Crippen LogP contribution in [0.25, 0.3) is 5.69 Å². The van der Waals surface area contributed by atoms with Crippen LogP contribution in [-0.4, -0.2) is 28.2 Å². The molecule has 0 bridgehead atoms. The lowest BCUT2D eigenvalue weighted by Gasteiger charge is -2.07.